The number of carbonyl (C=O) groups is 1. The Morgan fingerprint density at radius 2 is 2.30 bits per heavy atom. The number of thiazole rings is 1. The van der Waals surface area contributed by atoms with Gasteiger partial charge in [-0.25, -0.2) is 9.98 Å². The Balaban J connectivity index is 1.34. The molecule has 1 atom stereocenters. The van der Waals surface area contributed by atoms with Crippen LogP contribution in [0.4, 0.5) is 5.13 Å². The number of amidine groups is 1. The molecule has 0 radical (unpaired) electrons. The van der Waals surface area contributed by atoms with Crippen LogP contribution in [-0.4, -0.2) is 55.9 Å². The summed E-state index contributed by atoms with van der Waals surface area (Å²) in [6.45, 7) is 5.85. The Morgan fingerprint density at radius 3 is 3.03 bits per heavy atom. The third-order valence-electron chi connectivity index (χ3n) is 5.12. The first-order chi connectivity index (χ1) is 14.6. The van der Waals surface area contributed by atoms with Crippen LogP contribution in [0.5, 0.6) is 0 Å². The number of aliphatic imine (C=N–C) groups is 2. The predicted octanol–water partition coefficient (Wildman–Crippen LogP) is 3.95. The third-order valence-corrected chi connectivity index (χ3v) is 6.06. The van der Waals surface area contributed by atoms with Crippen molar-refractivity contribution in [1.29, 1.82) is 0 Å². The van der Waals surface area contributed by atoms with Crippen LogP contribution in [0.15, 0.2) is 34.8 Å². The number of aromatic nitrogens is 1. The summed E-state index contributed by atoms with van der Waals surface area (Å²) < 4.78 is 12.2. The Labute approximate surface area is 179 Å². The van der Waals surface area contributed by atoms with Crippen molar-refractivity contribution in [1.82, 2.24) is 4.98 Å². The first-order valence-corrected chi connectivity index (χ1v) is 11.0. The molecular weight excluding hydrogens is 400 g/mol. The summed E-state index contributed by atoms with van der Waals surface area (Å²) in [4.78, 5) is 25.0. The maximum atomic E-state index is 11.9. The standard InChI is InChI=1S/C22H26N4O3S/c1-14(11-24-20(23-2)13-28-12-17-4-3-9-29-17)16-7-8-18-19(10-16)30-22(25-18)26-21(27)15-5-6-15/h7-8,10-11,15,17H,1,3-6,9,12-13H2,2H3,(H,25,26,27)/b23-20-,24-11-/t17-/m0/s1. The molecule has 1 saturated carbocycles. The number of ether oxygens (including phenoxy) is 2. The second-order valence-corrected chi connectivity index (χ2v) is 8.57. The van der Waals surface area contributed by atoms with E-state index in [4.69, 9.17) is 9.47 Å². The number of nitrogens with zero attached hydrogens (tertiary/aromatic N) is 3. The fourth-order valence-electron chi connectivity index (χ4n) is 3.17. The Morgan fingerprint density at radius 1 is 1.43 bits per heavy atom. The van der Waals surface area contributed by atoms with E-state index in [1.54, 1.807) is 13.3 Å². The van der Waals surface area contributed by atoms with Crippen molar-refractivity contribution in [3.8, 4) is 0 Å². The molecule has 2 fully saturated rings. The largest absolute Gasteiger partial charge is 0.376 e. The maximum Gasteiger partial charge on any atom is 0.229 e. The molecule has 1 N–H and O–H groups in total. The van der Waals surface area contributed by atoms with Crippen LogP contribution in [-0.2, 0) is 14.3 Å². The van der Waals surface area contributed by atoms with Gasteiger partial charge < -0.3 is 14.8 Å². The van der Waals surface area contributed by atoms with Crippen molar-refractivity contribution in [2.45, 2.75) is 31.8 Å². The quantitative estimate of drug-likeness (QED) is 0.512. The highest BCUT2D eigenvalue weighted by atomic mass is 32.1. The lowest BCUT2D eigenvalue weighted by Gasteiger charge is -2.09. The Kier molecular flexibility index (Phi) is 6.66. The van der Waals surface area contributed by atoms with Crippen molar-refractivity contribution in [3.05, 3.63) is 30.3 Å². The van der Waals surface area contributed by atoms with Gasteiger partial charge in [0.05, 0.1) is 22.9 Å². The average molecular weight is 427 g/mol. The smallest absolute Gasteiger partial charge is 0.229 e. The van der Waals surface area contributed by atoms with Crippen molar-refractivity contribution in [2.24, 2.45) is 15.9 Å². The van der Waals surface area contributed by atoms with Gasteiger partial charge in [0, 0.05) is 25.8 Å². The average Bonchev–Trinajstić information content (AvgIpc) is 3.33. The van der Waals surface area contributed by atoms with E-state index in [0.717, 1.165) is 53.6 Å². The van der Waals surface area contributed by atoms with Gasteiger partial charge in [-0.1, -0.05) is 24.0 Å². The van der Waals surface area contributed by atoms with Crippen molar-refractivity contribution in [2.75, 3.05) is 32.2 Å². The van der Waals surface area contributed by atoms with Gasteiger partial charge in [-0.3, -0.25) is 9.79 Å². The van der Waals surface area contributed by atoms with Crippen molar-refractivity contribution >= 4 is 50.2 Å². The molecule has 1 aliphatic heterocycles. The molecule has 158 valence electrons. The first kappa shape index (κ1) is 20.8. The molecular formula is C22H26N4O3S. The number of benzene rings is 1. The number of anilines is 1. The van der Waals surface area contributed by atoms with Crippen LogP contribution < -0.4 is 5.32 Å². The maximum absolute atomic E-state index is 11.9. The van der Waals surface area contributed by atoms with Crippen LogP contribution in [0.25, 0.3) is 15.8 Å². The van der Waals surface area contributed by atoms with Gasteiger partial charge in [0.15, 0.2) is 5.13 Å². The predicted molar refractivity (Wildman–Crippen MR) is 122 cm³/mol. The lowest BCUT2D eigenvalue weighted by molar-refractivity contribution is -0.117. The number of nitrogens with one attached hydrogen (secondary N) is 1. The Hall–Kier alpha value is -2.42. The van der Waals surface area contributed by atoms with Gasteiger partial charge >= 0.3 is 0 Å². The van der Waals surface area contributed by atoms with Gasteiger partial charge in [-0.15, -0.1) is 0 Å². The lowest BCUT2D eigenvalue weighted by atomic mass is 10.1. The van der Waals surface area contributed by atoms with E-state index in [-0.39, 0.29) is 17.9 Å². The van der Waals surface area contributed by atoms with Gasteiger partial charge in [-0.05, 0) is 49.0 Å². The number of carbonyl (C=O) groups excluding carboxylic acids is 1. The zero-order valence-corrected chi connectivity index (χ0v) is 17.9. The summed E-state index contributed by atoms with van der Waals surface area (Å²) in [6.07, 6.45) is 5.98. The molecule has 1 amide bonds. The van der Waals surface area contributed by atoms with Crippen molar-refractivity contribution in [3.63, 3.8) is 0 Å². The second-order valence-electron chi connectivity index (χ2n) is 7.54. The van der Waals surface area contributed by atoms with Crippen LogP contribution in [0.3, 0.4) is 0 Å². The van der Waals surface area contributed by atoms with Gasteiger partial charge in [0.2, 0.25) is 5.91 Å². The van der Waals surface area contributed by atoms with E-state index in [1.807, 2.05) is 18.2 Å². The van der Waals surface area contributed by atoms with E-state index in [0.29, 0.717) is 24.2 Å². The van der Waals surface area contributed by atoms with E-state index in [1.165, 1.54) is 11.3 Å². The molecule has 0 bridgehead atoms. The molecule has 4 rings (SSSR count). The lowest BCUT2D eigenvalue weighted by Crippen LogP contribution is -2.17. The molecule has 7 nitrogen and oxygen atoms in total. The van der Waals surface area contributed by atoms with Gasteiger partial charge in [0.25, 0.3) is 0 Å². The molecule has 1 aromatic carbocycles. The van der Waals surface area contributed by atoms with Crippen LogP contribution in [0.1, 0.15) is 31.2 Å². The van der Waals surface area contributed by atoms with Crippen LogP contribution in [0.2, 0.25) is 0 Å². The minimum absolute atomic E-state index is 0.0684. The van der Waals surface area contributed by atoms with E-state index < -0.39 is 0 Å². The molecule has 1 saturated heterocycles. The third kappa shape index (κ3) is 5.38. The number of hydrogen-bond donors (Lipinski definition) is 1. The van der Waals surface area contributed by atoms with E-state index >= 15 is 0 Å². The van der Waals surface area contributed by atoms with Gasteiger partial charge in [0.1, 0.15) is 12.4 Å². The number of fused-ring (bicyclic) bond motifs is 1. The van der Waals surface area contributed by atoms with Crippen LogP contribution in [0, 0.1) is 5.92 Å². The van der Waals surface area contributed by atoms with E-state index in [2.05, 4.69) is 26.9 Å². The summed E-state index contributed by atoms with van der Waals surface area (Å²) in [7, 11) is 1.70. The molecule has 2 aromatic rings. The minimum Gasteiger partial charge on any atom is -0.376 e. The monoisotopic (exact) mass is 426 g/mol. The molecule has 2 aliphatic rings. The number of allylic oxidation sites excluding steroid dienone is 1. The highest BCUT2D eigenvalue weighted by Gasteiger charge is 2.30. The molecule has 1 aliphatic carbocycles. The molecule has 2 heterocycles. The molecule has 0 unspecified atom stereocenters. The normalized spacial score (nSPS) is 19.6. The highest BCUT2D eigenvalue weighted by Crippen LogP contribution is 2.33. The Bertz CT molecular complexity index is 987. The first-order valence-electron chi connectivity index (χ1n) is 10.2. The summed E-state index contributed by atoms with van der Waals surface area (Å²) >= 11 is 1.47. The number of amides is 1. The fourth-order valence-corrected chi connectivity index (χ4v) is 4.08. The molecule has 8 heteroatoms. The summed E-state index contributed by atoms with van der Waals surface area (Å²) in [5.74, 6) is 0.838. The minimum atomic E-state index is 0.0684. The van der Waals surface area contributed by atoms with Crippen molar-refractivity contribution < 1.29 is 14.3 Å². The van der Waals surface area contributed by atoms with Gasteiger partial charge in [-0.2, -0.15) is 0 Å². The highest BCUT2D eigenvalue weighted by molar-refractivity contribution is 7.22. The fraction of sp³-hybridized carbons (Fsp3) is 0.455. The summed E-state index contributed by atoms with van der Waals surface area (Å²) in [5.41, 5.74) is 2.58. The summed E-state index contributed by atoms with van der Waals surface area (Å²) in [6, 6.07) is 5.91. The van der Waals surface area contributed by atoms with E-state index in [9.17, 15) is 4.79 Å². The molecule has 30 heavy (non-hydrogen) atoms. The second kappa shape index (κ2) is 9.59. The van der Waals surface area contributed by atoms with Crippen LogP contribution >= 0.6 is 11.3 Å². The summed E-state index contributed by atoms with van der Waals surface area (Å²) in [5, 5.41) is 3.55. The number of rotatable bonds is 8. The zero-order valence-electron chi connectivity index (χ0n) is 17.1. The number of hydrogen-bond acceptors (Lipinski definition) is 6. The zero-order chi connectivity index (χ0) is 20.9. The SMILES string of the molecule is C=C(/C=N\C(COC[C@@H]1CCCO1)=N/C)c1ccc2nc(NC(=O)C3CC3)sc2c1. The topological polar surface area (TPSA) is 85.2 Å². The molecule has 1 aromatic heterocycles. The molecule has 0 spiro atoms.